The van der Waals surface area contributed by atoms with E-state index >= 15 is 0 Å². The van der Waals surface area contributed by atoms with E-state index in [1.54, 1.807) is 6.08 Å². The third-order valence-corrected chi connectivity index (χ3v) is 8.82. The van der Waals surface area contributed by atoms with Gasteiger partial charge in [-0.05, 0) is 64.2 Å². The van der Waals surface area contributed by atoms with Crippen molar-refractivity contribution in [1.29, 1.82) is 0 Å². The number of carbonyl (C=O) groups is 3. The van der Waals surface area contributed by atoms with Crippen LogP contribution in [0, 0.1) is 0 Å². The third kappa shape index (κ3) is 26.2. The third-order valence-electron chi connectivity index (χ3n) is 8.82. The van der Waals surface area contributed by atoms with Crippen molar-refractivity contribution >= 4 is 17.9 Å². The molecule has 55 heavy (non-hydrogen) atoms. The minimum absolute atomic E-state index is 0.00128. The number of carbonyl (C=O) groups excluding carboxylic acids is 2. The highest BCUT2D eigenvalue weighted by atomic mass is 16.7. The Hall–Kier alpha value is -3.35. The first-order valence-electron chi connectivity index (χ1n) is 20.5. The van der Waals surface area contributed by atoms with Gasteiger partial charge < -0.3 is 39.4 Å². The molecule has 0 bridgehead atoms. The Labute approximate surface area is 329 Å². The second-order valence-electron chi connectivity index (χ2n) is 13.8. The highest BCUT2D eigenvalue weighted by Gasteiger charge is 2.47. The van der Waals surface area contributed by atoms with Gasteiger partial charge in [-0.1, -0.05) is 132 Å². The molecule has 0 spiro atoms. The zero-order valence-corrected chi connectivity index (χ0v) is 33.4. The molecule has 6 unspecified atom stereocenters. The molecule has 1 fully saturated rings. The Bertz CT molecular complexity index is 1190. The van der Waals surface area contributed by atoms with Gasteiger partial charge >= 0.3 is 17.9 Å². The van der Waals surface area contributed by atoms with Crippen molar-refractivity contribution in [3.05, 3.63) is 72.9 Å². The number of esters is 2. The number of aliphatic carboxylic acids is 1. The molecule has 312 valence electrons. The van der Waals surface area contributed by atoms with Crippen LogP contribution < -0.4 is 0 Å². The van der Waals surface area contributed by atoms with Crippen molar-refractivity contribution in [3.63, 3.8) is 0 Å². The topological polar surface area (TPSA) is 169 Å². The minimum Gasteiger partial charge on any atom is -0.479 e. The first-order valence-corrected chi connectivity index (χ1v) is 20.5. The Morgan fingerprint density at radius 2 is 1.13 bits per heavy atom. The van der Waals surface area contributed by atoms with E-state index in [4.69, 9.17) is 18.9 Å². The lowest BCUT2D eigenvalue weighted by atomic mass is 9.99. The number of aliphatic hydroxyl groups excluding tert-OH is 3. The lowest BCUT2D eigenvalue weighted by molar-refractivity contribution is -0.298. The number of hydrogen-bond donors (Lipinski definition) is 4. The normalized spacial score (nSPS) is 21.2. The zero-order chi connectivity index (χ0) is 40.4. The number of carboxylic acids is 1. The Morgan fingerprint density at radius 3 is 1.69 bits per heavy atom. The SMILES string of the molecule is CC/C=C\C/C=C\C/C=C\C/C=C\C/C=C\CC(=O)OCC(COC1OC(C(=O)O)C(O)C(O)C1O)OC(=O)CCCCCCC/C=C\CCCCCCC. The van der Waals surface area contributed by atoms with Crippen LogP contribution >= 0.6 is 0 Å². The van der Waals surface area contributed by atoms with Crippen molar-refractivity contribution in [2.24, 2.45) is 0 Å². The molecule has 1 aliphatic heterocycles. The standard InChI is InChI=1S/C44H70O11/c1-3-5-7-9-11-13-15-17-19-21-22-24-26-28-30-32-37(45)52-34-36(35-53-44-41(49)39(47)40(48)42(55-44)43(50)51)54-38(46)33-31-29-27-25-23-20-18-16-14-12-10-8-6-4-2/h5,7,11,13,16-19,22,24,28,30,36,39-42,44,47-49H,3-4,6,8-10,12,14-15,20-21,23,25-27,29,31-35H2,1-2H3,(H,50,51)/b7-5-,13-11-,18-16-,19-17-,24-22-,30-28-. The molecule has 0 radical (unpaired) electrons. The molecule has 1 saturated heterocycles. The first-order chi connectivity index (χ1) is 26.7. The molecule has 11 heteroatoms. The van der Waals surface area contributed by atoms with E-state index in [-0.39, 0.29) is 19.4 Å². The maximum absolute atomic E-state index is 12.7. The van der Waals surface area contributed by atoms with Crippen LogP contribution in [0.2, 0.25) is 0 Å². The number of ether oxygens (including phenoxy) is 4. The molecular formula is C44H70O11. The number of allylic oxidation sites excluding steroid dienone is 11. The quantitative estimate of drug-likeness (QED) is 0.0296. The fourth-order valence-electron chi connectivity index (χ4n) is 5.59. The molecule has 4 N–H and O–H groups in total. The Morgan fingerprint density at radius 1 is 0.600 bits per heavy atom. The maximum Gasteiger partial charge on any atom is 0.335 e. The van der Waals surface area contributed by atoms with E-state index in [0.29, 0.717) is 12.8 Å². The van der Waals surface area contributed by atoms with Gasteiger partial charge in [0.15, 0.2) is 18.5 Å². The Balaban J connectivity index is 2.50. The lowest BCUT2D eigenvalue weighted by Gasteiger charge is -2.38. The molecule has 0 aromatic heterocycles. The van der Waals surface area contributed by atoms with Crippen LogP contribution in [0.15, 0.2) is 72.9 Å². The molecule has 1 aliphatic rings. The van der Waals surface area contributed by atoms with Gasteiger partial charge in [0.2, 0.25) is 0 Å². The van der Waals surface area contributed by atoms with Gasteiger partial charge in [-0.25, -0.2) is 4.79 Å². The number of aliphatic hydroxyl groups is 3. The van der Waals surface area contributed by atoms with Crippen molar-refractivity contribution in [3.8, 4) is 0 Å². The molecule has 1 heterocycles. The molecule has 6 atom stereocenters. The van der Waals surface area contributed by atoms with Crippen LogP contribution in [0.25, 0.3) is 0 Å². The highest BCUT2D eigenvalue weighted by Crippen LogP contribution is 2.23. The van der Waals surface area contributed by atoms with Crippen molar-refractivity contribution in [2.45, 2.75) is 173 Å². The predicted octanol–water partition coefficient (Wildman–Crippen LogP) is 8.14. The second-order valence-corrected chi connectivity index (χ2v) is 13.8. The number of rotatable bonds is 32. The summed E-state index contributed by atoms with van der Waals surface area (Å²) in [5, 5.41) is 39.7. The van der Waals surface area contributed by atoms with Gasteiger partial charge in [-0.15, -0.1) is 0 Å². The second kappa shape index (κ2) is 33.9. The van der Waals surface area contributed by atoms with E-state index in [1.807, 2.05) is 18.2 Å². The first kappa shape index (κ1) is 49.7. The fraction of sp³-hybridized carbons (Fsp3) is 0.659. The minimum atomic E-state index is -1.88. The van der Waals surface area contributed by atoms with Gasteiger partial charge in [0.25, 0.3) is 0 Å². The van der Waals surface area contributed by atoms with Gasteiger partial charge in [0.1, 0.15) is 24.9 Å². The van der Waals surface area contributed by atoms with Crippen LogP contribution in [0.4, 0.5) is 0 Å². The van der Waals surface area contributed by atoms with Gasteiger partial charge in [-0.2, -0.15) is 0 Å². The van der Waals surface area contributed by atoms with E-state index in [0.717, 1.165) is 64.2 Å². The Kier molecular flexibility index (Phi) is 30.7. The maximum atomic E-state index is 12.7. The molecule has 0 saturated carbocycles. The lowest BCUT2D eigenvalue weighted by Crippen LogP contribution is -2.60. The molecule has 0 aromatic rings. The summed E-state index contributed by atoms with van der Waals surface area (Å²) in [6.07, 6.45) is 32.7. The van der Waals surface area contributed by atoms with Gasteiger partial charge in [-0.3, -0.25) is 9.59 Å². The molecule has 0 amide bonds. The fourth-order valence-corrected chi connectivity index (χ4v) is 5.59. The highest BCUT2D eigenvalue weighted by molar-refractivity contribution is 5.73. The van der Waals surface area contributed by atoms with Crippen molar-refractivity contribution < 1.29 is 53.8 Å². The van der Waals surface area contributed by atoms with Gasteiger partial charge in [0, 0.05) is 6.42 Å². The predicted molar refractivity (Wildman–Crippen MR) is 215 cm³/mol. The van der Waals surface area contributed by atoms with Crippen LogP contribution in [-0.4, -0.2) is 88.4 Å². The molecule has 1 rings (SSSR count). The summed E-state index contributed by atoms with van der Waals surface area (Å²) in [5.74, 6) is -2.63. The number of hydrogen-bond acceptors (Lipinski definition) is 10. The van der Waals surface area contributed by atoms with Crippen LogP contribution in [0.1, 0.15) is 136 Å². The van der Waals surface area contributed by atoms with Crippen LogP contribution in [-0.2, 0) is 33.3 Å². The van der Waals surface area contributed by atoms with Crippen molar-refractivity contribution in [2.75, 3.05) is 13.2 Å². The van der Waals surface area contributed by atoms with Crippen LogP contribution in [0.5, 0.6) is 0 Å². The molecule has 0 aliphatic carbocycles. The van der Waals surface area contributed by atoms with E-state index in [9.17, 15) is 34.8 Å². The number of carboxylic acid groups (broad SMARTS) is 1. The molecular weight excluding hydrogens is 704 g/mol. The van der Waals surface area contributed by atoms with Gasteiger partial charge in [0.05, 0.1) is 13.0 Å². The average Bonchev–Trinajstić information content (AvgIpc) is 3.17. The smallest absolute Gasteiger partial charge is 0.335 e. The summed E-state index contributed by atoms with van der Waals surface area (Å²) in [4.78, 5) is 36.6. The largest absolute Gasteiger partial charge is 0.479 e. The van der Waals surface area contributed by atoms with Crippen molar-refractivity contribution in [1.82, 2.24) is 0 Å². The van der Waals surface area contributed by atoms with E-state index < -0.39 is 61.3 Å². The van der Waals surface area contributed by atoms with E-state index in [2.05, 4.69) is 62.5 Å². The summed E-state index contributed by atoms with van der Waals surface area (Å²) in [6, 6.07) is 0. The summed E-state index contributed by atoms with van der Waals surface area (Å²) < 4.78 is 21.5. The average molecular weight is 775 g/mol. The molecule has 0 aromatic carbocycles. The summed E-state index contributed by atoms with van der Waals surface area (Å²) in [7, 11) is 0. The zero-order valence-electron chi connectivity index (χ0n) is 33.4. The number of unbranched alkanes of at least 4 members (excludes halogenated alkanes) is 10. The summed E-state index contributed by atoms with van der Waals surface area (Å²) in [5.41, 5.74) is 0. The van der Waals surface area contributed by atoms with E-state index in [1.165, 1.54) is 32.1 Å². The summed E-state index contributed by atoms with van der Waals surface area (Å²) >= 11 is 0. The summed E-state index contributed by atoms with van der Waals surface area (Å²) in [6.45, 7) is 3.56. The van der Waals surface area contributed by atoms with Crippen LogP contribution in [0.3, 0.4) is 0 Å². The monoisotopic (exact) mass is 774 g/mol. The molecule has 11 nitrogen and oxygen atoms in total.